The summed E-state index contributed by atoms with van der Waals surface area (Å²) in [6, 6.07) is 11.5. The van der Waals surface area contributed by atoms with Gasteiger partial charge in [0.15, 0.2) is 13.2 Å². The summed E-state index contributed by atoms with van der Waals surface area (Å²) in [6.45, 7) is 1.29. The molecule has 24 heavy (non-hydrogen) atoms. The number of aliphatic carboxylic acids is 1. The fraction of sp³-hybridized carbons (Fsp3) is 0.176. The minimum atomic E-state index is -1.05. The SMILES string of the molecule is Cc1cc(Cl)ccc1OCC(=O)Nc1ccc(OCC(=O)O)cc1. The van der Waals surface area contributed by atoms with Crippen molar-refractivity contribution in [2.75, 3.05) is 18.5 Å². The number of aryl methyl sites for hydroxylation is 1. The van der Waals surface area contributed by atoms with Crippen molar-refractivity contribution >= 4 is 29.2 Å². The van der Waals surface area contributed by atoms with Gasteiger partial charge in [-0.05, 0) is 55.0 Å². The van der Waals surface area contributed by atoms with E-state index in [-0.39, 0.29) is 12.5 Å². The maximum absolute atomic E-state index is 11.9. The van der Waals surface area contributed by atoms with E-state index in [4.69, 9.17) is 26.2 Å². The summed E-state index contributed by atoms with van der Waals surface area (Å²) in [5.41, 5.74) is 1.40. The molecule has 7 heteroatoms. The van der Waals surface area contributed by atoms with E-state index in [0.717, 1.165) is 5.56 Å². The van der Waals surface area contributed by atoms with Gasteiger partial charge < -0.3 is 19.9 Å². The number of rotatable bonds is 7. The van der Waals surface area contributed by atoms with Crippen molar-refractivity contribution in [1.29, 1.82) is 0 Å². The van der Waals surface area contributed by atoms with Crippen LogP contribution in [0.4, 0.5) is 5.69 Å². The minimum absolute atomic E-state index is 0.139. The number of hydrogen-bond donors (Lipinski definition) is 2. The first-order valence-electron chi connectivity index (χ1n) is 7.07. The molecule has 0 aromatic heterocycles. The van der Waals surface area contributed by atoms with Gasteiger partial charge in [-0.1, -0.05) is 11.6 Å². The molecule has 0 heterocycles. The lowest BCUT2D eigenvalue weighted by atomic mass is 10.2. The molecule has 0 aliphatic heterocycles. The third-order valence-electron chi connectivity index (χ3n) is 3.00. The van der Waals surface area contributed by atoms with Gasteiger partial charge in [-0.2, -0.15) is 0 Å². The normalized spacial score (nSPS) is 10.1. The molecule has 126 valence electrons. The summed E-state index contributed by atoms with van der Waals surface area (Å²) in [6.07, 6.45) is 0. The highest BCUT2D eigenvalue weighted by molar-refractivity contribution is 6.30. The summed E-state index contributed by atoms with van der Waals surface area (Å²) in [7, 11) is 0. The second-order valence-corrected chi connectivity index (χ2v) is 5.39. The average Bonchev–Trinajstić information content (AvgIpc) is 2.53. The fourth-order valence-corrected chi connectivity index (χ4v) is 2.12. The molecule has 0 radical (unpaired) electrons. The van der Waals surface area contributed by atoms with E-state index >= 15 is 0 Å². The zero-order chi connectivity index (χ0) is 17.5. The second kappa shape index (κ2) is 8.21. The van der Waals surface area contributed by atoms with Gasteiger partial charge in [0.2, 0.25) is 0 Å². The van der Waals surface area contributed by atoms with Crippen molar-refractivity contribution in [3.63, 3.8) is 0 Å². The summed E-state index contributed by atoms with van der Waals surface area (Å²) in [5, 5.41) is 11.8. The van der Waals surface area contributed by atoms with Crippen molar-refractivity contribution < 1.29 is 24.2 Å². The maximum atomic E-state index is 11.9. The molecule has 2 rings (SSSR count). The molecule has 2 N–H and O–H groups in total. The molecule has 2 aromatic rings. The number of halogens is 1. The standard InChI is InChI=1S/C17H16ClNO5/c1-11-8-12(18)2-7-15(11)24-9-16(20)19-13-3-5-14(6-4-13)23-10-17(21)22/h2-8H,9-10H2,1H3,(H,19,20)(H,21,22). The van der Waals surface area contributed by atoms with Gasteiger partial charge in [-0.15, -0.1) is 0 Å². The van der Waals surface area contributed by atoms with Crippen LogP contribution in [-0.2, 0) is 9.59 Å². The van der Waals surface area contributed by atoms with Crippen molar-refractivity contribution in [1.82, 2.24) is 0 Å². The zero-order valence-corrected chi connectivity index (χ0v) is 13.7. The van der Waals surface area contributed by atoms with Crippen LogP contribution in [0.1, 0.15) is 5.56 Å². The predicted molar refractivity (Wildman–Crippen MR) is 89.9 cm³/mol. The Labute approximate surface area is 144 Å². The Hall–Kier alpha value is -2.73. The molecule has 0 unspecified atom stereocenters. The Balaban J connectivity index is 1.84. The molecule has 0 bridgehead atoms. The quantitative estimate of drug-likeness (QED) is 0.802. The van der Waals surface area contributed by atoms with Crippen LogP contribution in [0.5, 0.6) is 11.5 Å². The third-order valence-corrected chi connectivity index (χ3v) is 3.23. The topological polar surface area (TPSA) is 84.9 Å². The Kier molecular flexibility index (Phi) is 6.03. The summed E-state index contributed by atoms with van der Waals surface area (Å²) in [4.78, 5) is 22.3. The maximum Gasteiger partial charge on any atom is 0.341 e. The molecule has 0 aliphatic rings. The van der Waals surface area contributed by atoms with Gasteiger partial charge in [-0.25, -0.2) is 4.79 Å². The van der Waals surface area contributed by atoms with Crippen LogP contribution >= 0.6 is 11.6 Å². The Morgan fingerprint density at radius 1 is 1.08 bits per heavy atom. The van der Waals surface area contributed by atoms with Crippen LogP contribution in [0, 0.1) is 6.92 Å². The lowest BCUT2D eigenvalue weighted by molar-refractivity contribution is -0.139. The van der Waals surface area contributed by atoms with Crippen molar-refractivity contribution in [2.45, 2.75) is 6.92 Å². The van der Waals surface area contributed by atoms with Crippen LogP contribution in [0.3, 0.4) is 0 Å². The number of carbonyl (C=O) groups is 2. The first kappa shape index (κ1) is 17.6. The first-order chi connectivity index (χ1) is 11.4. The highest BCUT2D eigenvalue weighted by Crippen LogP contribution is 2.22. The molecule has 0 saturated heterocycles. The average molecular weight is 350 g/mol. The number of carbonyl (C=O) groups excluding carboxylic acids is 1. The number of benzene rings is 2. The van der Waals surface area contributed by atoms with Gasteiger partial charge in [0.25, 0.3) is 5.91 Å². The van der Waals surface area contributed by atoms with Crippen LogP contribution in [0.25, 0.3) is 0 Å². The number of hydrogen-bond acceptors (Lipinski definition) is 4. The van der Waals surface area contributed by atoms with E-state index in [0.29, 0.717) is 22.2 Å². The molecule has 0 spiro atoms. The fourth-order valence-electron chi connectivity index (χ4n) is 1.89. The Morgan fingerprint density at radius 3 is 2.42 bits per heavy atom. The molecule has 6 nitrogen and oxygen atoms in total. The van der Waals surface area contributed by atoms with E-state index in [1.807, 2.05) is 6.92 Å². The monoisotopic (exact) mass is 349 g/mol. The van der Waals surface area contributed by atoms with E-state index in [1.54, 1.807) is 42.5 Å². The number of nitrogens with one attached hydrogen (secondary N) is 1. The highest BCUT2D eigenvalue weighted by Gasteiger charge is 2.06. The largest absolute Gasteiger partial charge is 0.483 e. The molecule has 2 aromatic carbocycles. The van der Waals surface area contributed by atoms with E-state index in [9.17, 15) is 9.59 Å². The number of amides is 1. The van der Waals surface area contributed by atoms with Crippen molar-refractivity contribution in [2.24, 2.45) is 0 Å². The number of ether oxygens (including phenoxy) is 2. The van der Waals surface area contributed by atoms with Crippen LogP contribution in [-0.4, -0.2) is 30.2 Å². The van der Waals surface area contributed by atoms with Gasteiger partial charge in [0.1, 0.15) is 11.5 Å². The van der Waals surface area contributed by atoms with E-state index in [2.05, 4.69) is 5.32 Å². The molecule has 0 fully saturated rings. The molecular formula is C17H16ClNO5. The van der Waals surface area contributed by atoms with E-state index < -0.39 is 12.6 Å². The van der Waals surface area contributed by atoms with Crippen molar-refractivity contribution in [3.8, 4) is 11.5 Å². The molecule has 0 saturated carbocycles. The van der Waals surface area contributed by atoms with Gasteiger partial charge in [0, 0.05) is 10.7 Å². The summed E-state index contributed by atoms with van der Waals surface area (Å²) < 4.78 is 10.5. The number of carboxylic acids is 1. The van der Waals surface area contributed by atoms with Crippen molar-refractivity contribution in [3.05, 3.63) is 53.1 Å². The molecule has 0 aliphatic carbocycles. The Morgan fingerprint density at radius 2 is 1.79 bits per heavy atom. The molecule has 1 amide bonds. The highest BCUT2D eigenvalue weighted by atomic mass is 35.5. The smallest absolute Gasteiger partial charge is 0.341 e. The predicted octanol–water partition coefficient (Wildman–Crippen LogP) is 3.13. The molecule has 0 atom stereocenters. The summed E-state index contributed by atoms with van der Waals surface area (Å²) in [5.74, 6) is -0.374. The summed E-state index contributed by atoms with van der Waals surface area (Å²) >= 11 is 5.86. The van der Waals surface area contributed by atoms with Crippen LogP contribution < -0.4 is 14.8 Å². The minimum Gasteiger partial charge on any atom is -0.483 e. The van der Waals surface area contributed by atoms with E-state index in [1.165, 1.54) is 0 Å². The third kappa shape index (κ3) is 5.48. The lowest BCUT2D eigenvalue weighted by Gasteiger charge is -2.10. The van der Waals surface area contributed by atoms with Gasteiger partial charge in [-0.3, -0.25) is 4.79 Å². The second-order valence-electron chi connectivity index (χ2n) is 4.95. The zero-order valence-electron chi connectivity index (χ0n) is 12.9. The Bertz CT molecular complexity index is 730. The van der Waals surface area contributed by atoms with Gasteiger partial charge in [0.05, 0.1) is 0 Å². The van der Waals surface area contributed by atoms with Crippen LogP contribution in [0.15, 0.2) is 42.5 Å². The first-order valence-corrected chi connectivity index (χ1v) is 7.45. The lowest BCUT2D eigenvalue weighted by Crippen LogP contribution is -2.20. The number of carboxylic acid groups (broad SMARTS) is 1. The van der Waals surface area contributed by atoms with Gasteiger partial charge >= 0.3 is 5.97 Å². The van der Waals surface area contributed by atoms with Crippen LogP contribution in [0.2, 0.25) is 5.02 Å². The molecular weight excluding hydrogens is 334 g/mol. The number of anilines is 1.